The molecule has 3 N–H and O–H groups in total. The number of halogens is 1. The summed E-state index contributed by atoms with van der Waals surface area (Å²) in [6.07, 6.45) is 2.81. The van der Waals surface area contributed by atoms with Gasteiger partial charge in [-0.25, -0.2) is 0 Å². The fourth-order valence-corrected chi connectivity index (χ4v) is 2.12. The molecular weight excluding hydrogens is 260 g/mol. The van der Waals surface area contributed by atoms with E-state index in [2.05, 4.69) is 17.4 Å². The lowest BCUT2D eigenvalue weighted by molar-refractivity contribution is -0.126. The van der Waals surface area contributed by atoms with Crippen molar-refractivity contribution >= 4 is 18.3 Å². The van der Waals surface area contributed by atoms with E-state index in [9.17, 15) is 4.79 Å². The number of rotatable bonds is 5. The van der Waals surface area contributed by atoms with E-state index in [1.165, 1.54) is 5.56 Å². The number of carbonyl (C=O) groups excluding carboxylic acids is 1. The summed E-state index contributed by atoms with van der Waals surface area (Å²) >= 11 is 0. The lowest BCUT2D eigenvalue weighted by Gasteiger charge is -2.22. The number of amides is 1. The van der Waals surface area contributed by atoms with Gasteiger partial charge in [0.05, 0.1) is 5.41 Å². The van der Waals surface area contributed by atoms with Gasteiger partial charge in [0.2, 0.25) is 5.91 Å². The van der Waals surface area contributed by atoms with Crippen molar-refractivity contribution in [3.8, 4) is 0 Å². The van der Waals surface area contributed by atoms with E-state index in [0.29, 0.717) is 6.54 Å². The molecule has 1 aliphatic rings. The van der Waals surface area contributed by atoms with Gasteiger partial charge in [0.1, 0.15) is 0 Å². The van der Waals surface area contributed by atoms with Gasteiger partial charge >= 0.3 is 0 Å². The van der Waals surface area contributed by atoms with Gasteiger partial charge in [0, 0.05) is 12.1 Å². The highest BCUT2D eigenvalue weighted by Crippen LogP contribution is 2.48. The van der Waals surface area contributed by atoms with Crippen LogP contribution < -0.4 is 11.1 Å². The monoisotopic (exact) mass is 282 g/mol. The quantitative estimate of drug-likeness (QED) is 0.871. The average Bonchev–Trinajstić information content (AvgIpc) is 3.07. The molecule has 1 aromatic carbocycles. The molecular formula is C15H23ClN2O. The molecule has 0 unspecified atom stereocenters. The van der Waals surface area contributed by atoms with Crippen LogP contribution in [0, 0.1) is 5.41 Å². The molecule has 1 amide bonds. The minimum atomic E-state index is -0.349. The van der Waals surface area contributed by atoms with Crippen LogP contribution >= 0.6 is 12.4 Å². The van der Waals surface area contributed by atoms with Crippen molar-refractivity contribution in [3.63, 3.8) is 0 Å². The minimum Gasteiger partial charge on any atom is -0.354 e. The molecule has 0 aromatic heterocycles. The Hall–Kier alpha value is -1.06. The fourth-order valence-electron chi connectivity index (χ4n) is 2.12. The maximum atomic E-state index is 12.2. The van der Waals surface area contributed by atoms with Crippen LogP contribution in [-0.2, 0) is 11.2 Å². The Labute approximate surface area is 121 Å². The molecule has 3 nitrogen and oxygen atoms in total. The first-order valence-electron chi connectivity index (χ1n) is 6.52. The standard InChI is InChI=1S/C15H22N2O.ClH/c1-14(2,16)11-17-13(18)15(8-9-15)10-12-6-4-3-5-7-12;/h3-7H,8-11,16H2,1-2H3,(H,17,18);1H. The highest BCUT2D eigenvalue weighted by Gasteiger charge is 2.49. The molecule has 0 bridgehead atoms. The molecule has 4 heteroatoms. The van der Waals surface area contributed by atoms with E-state index in [1.54, 1.807) is 0 Å². The van der Waals surface area contributed by atoms with Crippen molar-refractivity contribution < 1.29 is 4.79 Å². The number of benzene rings is 1. The third-order valence-corrected chi connectivity index (χ3v) is 3.43. The molecule has 1 fully saturated rings. The molecule has 1 aliphatic carbocycles. The summed E-state index contributed by atoms with van der Waals surface area (Å²) in [7, 11) is 0. The normalized spacial score (nSPS) is 16.4. The Bertz CT molecular complexity index is 422. The fraction of sp³-hybridized carbons (Fsp3) is 0.533. The van der Waals surface area contributed by atoms with Gasteiger partial charge in [-0.2, -0.15) is 0 Å². The topological polar surface area (TPSA) is 55.1 Å². The molecule has 0 heterocycles. The zero-order valence-corrected chi connectivity index (χ0v) is 12.4. The van der Waals surface area contributed by atoms with E-state index in [-0.39, 0.29) is 29.3 Å². The summed E-state index contributed by atoms with van der Waals surface area (Å²) in [6, 6.07) is 10.2. The molecule has 0 radical (unpaired) electrons. The Balaban J connectivity index is 0.00000180. The molecule has 0 spiro atoms. The molecule has 2 rings (SSSR count). The Morgan fingerprint density at radius 3 is 2.37 bits per heavy atom. The lowest BCUT2D eigenvalue weighted by atomic mass is 9.95. The third kappa shape index (κ3) is 4.51. The molecule has 106 valence electrons. The van der Waals surface area contributed by atoms with Crippen LogP contribution in [0.3, 0.4) is 0 Å². The molecule has 0 saturated heterocycles. The second-order valence-electron chi connectivity index (χ2n) is 6.11. The zero-order valence-electron chi connectivity index (χ0n) is 11.6. The van der Waals surface area contributed by atoms with Crippen molar-refractivity contribution in [1.29, 1.82) is 0 Å². The first kappa shape index (κ1) is 16.0. The van der Waals surface area contributed by atoms with Gasteiger partial charge in [-0.1, -0.05) is 30.3 Å². The summed E-state index contributed by atoms with van der Waals surface area (Å²) in [6.45, 7) is 4.37. The summed E-state index contributed by atoms with van der Waals surface area (Å²) in [5.41, 5.74) is 6.60. The van der Waals surface area contributed by atoms with Crippen LogP contribution in [0.5, 0.6) is 0 Å². The van der Waals surface area contributed by atoms with Crippen molar-refractivity contribution in [2.24, 2.45) is 11.1 Å². The second kappa shape index (κ2) is 5.93. The van der Waals surface area contributed by atoms with E-state index in [4.69, 9.17) is 5.73 Å². The smallest absolute Gasteiger partial charge is 0.226 e. The molecule has 0 atom stereocenters. The largest absolute Gasteiger partial charge is 0.354 e. The van der Waals surface area contributed by atoms with Crippen molar-refractivity contribution in [2.45, 2.75) is 38.6 Å². The predicted octanol–water partition coefficient (Wildman–Crippen LogP) is 2.28. The summed E-state index contributed by atoms with van der Waals surface area (Å²) in [5.74, 6) is 0.157. The number of nitrogens with one attached hydrogen (secondary N) is 1. The SMILES string of the molecule is CC(C)(N)CNC(=O)C1(Cc2ccccc2)CC1.Cl. The second-order valence-corrected chi connectivity index (χ2v) is 6.11. The van der Waals surface area contributed by atoms with Crippen LogP contribution in [0.4, 0.5) is 0 Å². The van der Waals surface area contributed by atoms with Gasteiger partial charge in [-0.15, -0.1) is 12.4 Å². The van der Waals surface area contributed by atoms with Crippen LogP contribution in [0.2, 0.25) is 0 Å². The molecule has 1 aromatic rings. The number of carbonyl (C=O) groups is 1. The van der Waals surface area contributed by atoms with E-state index in [0.717, 1.165) is 19.3 Å². The predicted molar refractivity (Wildman–Crippen MR) is 80.3 cm³/mol. The van der Waals surface area contributed by atoms with Crippen molar-refractivity contribution in [3.05, 3.63) is 35.9 Å². The van der Waals surface area contributed by atoms with Crippen molar-refractivity contribution in [2.75, 3.05) is 6.54 Å². The first-order chi connectivity index (χ1) is 8.41. The maximum Gasteiger partial charge on any atom is 0.226 e. The van der Waals surface area contributed by atoms with Crippen LogP contribution in [-0.4, -0.2) is 18.0 Å². The number of hydrogen-bond donors (Lipinski definition) is 2. The number of hydrogen-bond acceptors (Lipinski definition) is 2. The van der Waals surface area contributed by atoms with Gasteiger partial charge < -0.3 is 11.1 Å². The molecule has 19 heavy (non-hydrogen) atoms. The Morgan fingerprint density at radius 2 is 1.89 bits per heavy atom. The molecule has 0 aliphatic heterocycles. The average molecular weight is 283 g/mol. The first-order valence-corrected chi connectivity index (χ1v) is 6.52. The van der Waals surface area contributed by atoms with Gasteiger partial charge in [-0.3, -0.25) is 4.79 Å². The minimum absolute atomic E-state index is 0. The lowest BCUT2D eigenvalue weighted by Crippen LogP contribution is -2.47. The third-order valence-electron chi connectivity index (χ3n) is 3.43. The summed E-state index contributed by atoms with van der Waals surface area (Å²) < 4.78 is 0. The Morgan fingerprint density at radius 1 is 1.32 bits per heavy atom. The van der Waals surface area contributed by atoms with Gasteiger partial charge in [-0.05, 0) is 38.7 Å². The number of nitrogens with two attached hydrogens (primary N) is 1. The summed E-state index contributed by atoms with van der Waals surface area (Å²) in [5, 5.41) is 2.98. The van der Waals surface area contributed by atoms with Crippen molar-refractivity contribution in [1.82, 2.24) is 5.32 Å². The van der Waals surface area contributed by atoms with Crippen LogP contribution in [0.25, 0.3) is 0 Å². The molecule has 1 saturated carbocycles. The van der Waals surface area contributed by atoms with Gasteiger partial charge in [0.25, 0.3) is 0 Å². The summed E-state index contributed by atoms with van der Waals surface area (Å²) in [4.78, 5) is 12.2. The maximum absolute atomic E-state index is 12.2. The van der Waals surface area contributed by atoms with Crippen LogP contribution in [0.15, 0.2) is 30.3 Å². The van der Waals surface area contributed by atoms with E-state index in [1.807, 2.05) is 32.0 Å². The Kier molecular flexibility index (Phi) is 4.99. The highest BCUT2D eigenvalue weighted by atomic mass is 35.5. The highest BCUT2D eigenvalue weighted by molar-refractivity contribution is 5.86. The van der Waals surface area contributed by atoms with Crippen LogP contribution in [0.1, 0.15) is 32.3 Å². The van der Waals surface area contributed by atoms with E-state index >= 15 is 0 Å². The van der Waals surface area contributed by atoms with E-state index < -0.39 is 0 Å². The van der Waals surface area contributed by atoms with Gasteiger partial charge in [0.15, 0.2) is 0 Å². The zero-order chi connectivity index (χ0) is 13.2.